The Hall–Kier alpha value is -0.650. The number of benzene rings is 1. The van der Waals surface area contributed by atoms with Crippen LogP contribution in [0.2, 0.25) is 5.02 Å². The molecule has 0 aliphatic heterocycles. The summed E-state index contributed by atoms with van der Waals surface area (Å²) in [6, 6.07) is 4.66. The van der Waals surface area contributed by atoms with E-state index in [1.165, 1.54) is 6.07 Å². The van der Waals surface area contributed by atoms with Crippen molar-refractivity contribution >= 4 is 11.6 Å². The minimum Gasteiger partial charge on any atom is -0.396 e. The van der Waals surface area contributed by atoms with Crippen molar-refractivity contribution in [2.24, 2.45) is 0 Å². The van der Waals surface area contributed by atoms with E-state index in [0.717, 1.165) is 0 Å². The van der Waals surface area contributed by atoms with E-state index < -0.39 is 12.2 Å². The third-order valence-electron chi connectivity index (χ3n) is 2.37. The first-order chi connectivity index (χ1) is 7.60. The zero-order valence-electron chi connectivity index (χ0n) is 8.67. The van der Waals surface area contributed by atoms with Crippen molar-refractivity contribution in [2.75, 3.05) is 6.61 Å². The summed E-state index contributed by atoms with van der Waals surface area (Å²) in [5, 5.41) is 37.3. The lowest BCUT2D eigenvalue weighted by atomic mass is 10.0. The largest absolute Gasteiger partial charge is 0.396 e. The lowest BCUT2D eigenvalue weighted by Gasteiger charge is -2.18. The predicted octanol–water partition coefficient (Wildman–Crippen LogP) is 0.609. The number of hydrogen-bond donors (Lipinski definition) is 4. The molecule has 1 rings (SSSR count). The number of hydrogen-bond acceptors (Lipinski definition) is 4. The molecule has 0 aromatic heterocycles. The molecule has 1 aromatic rings. The van der Waals surface area contributed by atoms with Crippen LogP contribution < -0.4 is 0 Å². The second-order valence-electron chi connectivity index (χ2n) is 3.53. The Kier molecular flexibility index (Phi) is 5.18. The van der Waals surface area contributed by atoms with Gasteiger partial charge in [-0.15, -0.1) is 0 Å². The van der Waals surface area contributed by atoms with Gasteiger partial charge in [-0.2, -0.15) is 0 Å². The molecule has 5 heteroatoms. The zero-order valence-corrected chi connectivity index (χ0v) is 9.43. The van der Waals surface area contributed by atoms with Gasteiger partial charge >= 0.3 is 0 Å². The molecule has 0 aliphatic carbocycles. The minimum atomic E-state index is -1.09. The van der Waals surface area contributed by atoms with Gasteiger partial charge in [-0.05, 0) is 29.7 Å². The van der Waals surface area contributed by atoms with Gasteiger partial charge in [-0.3, -0.25) is 0 Å². The van der Waals surface area contributed by atoms with Crippen LogP contribution in [0.3, 0.4) is 0 Å². The molecule has 0 radical (unpaired) electrons. The molecular weight excluding hydrogens is 232 g/mol. The van der Waals surface area contributed by atoms with Gasteiger partial charge in [0, 0.05) is 11.6 Å². The smallest absolute Gasteiger partial charge is 0.105 e. The fraction of sp³-hybridized carbons (Fsp3) is 0.455. The Labute approximate surface area is 98.7 Å². The van der Waals surface area contributed by atoms with Crippen molar-refractivity contribution in [1.29, 1.82) is 0 Å². The van der Waals surface area contributed by atoms with Crippen LogP contribution in [0.15, 0.2) is 18.2 Å². The first kappa shape index (κ1) is 13.4. The predicted molar refractivity (Wildman–Crippen MR) is 60.0 cm³/mol. The Morgan fingerprint density at radius 2 is 1.88 bits per heavy atom. The standard InChI is InChI=1S/C11H15ClO4/c12-9-2-1-7(5-8(9)6-14)11(16)10(15)3-4-13/h1-2,5,10-11,13-16H,3-4,6H2. The number of halogens is 1. The molecular formula is C11H15ClO4. The van der Waals surface area contributed by atoms with Gasteiger partial charge in [-0.25, -0.2) is 0 Å². The van der Waals surface area contributed by atoms with Crippen LogP contribution in [0.25, 0.3) is 0 Å². The van der Waals surface area contributed by atoms with Crippen molar-refractivity contribution in [3.63, 3.8) is 0 Å². The Morgan fingerprint density at radius 3 is 2.44 bits per heavy atom. The lowest BCUT2D eigenvalue weighted by molar-refractivity contribution is 0.00414. The second-order valence-corrected chi connectivity index (χ2v) is 3.94. The van der Waals surface area contributed by atoms with Gasteiger partial charge < -0.3 is 20.4 Å². The molecule has 0 spiro atoms. The van der Waals surface area contributed by atoms with E-state index >= 15 is 0 Å². The van der Waals surface area contributed by atoms with E-state index in [-0.39, 0.29) is 19.6 Å². The lowest BCUT2D eigenvalue weighted by Crippen LogP contribution is -2.19. The van der Waals surface area contributed by atoms with Gasteiger partial charge in [-0.1, -0.05) is 17.7 Å². The third kappa shape index (κ3) is 3.17. The first-order valence-electron chi connectivity index (χ1n) is 4.96. The average Bonchev–Trinajstić information content (AvgIpc) is 2.29. The summed E-state index contributed by atoms with van der Waals surface area (Å²) in [4.78, 5) is 0. The molecule has 0 heterocycles. The van der Waals surface area contributed by atoms with Crippen molar-refractivity contribution < 1.29 is 20.4 Å². The highest BCUT2D eigenvalue weighted by molar-refractivity contribution is 6.31. The second kappa shape index (κ2) is 6.18. The molecule has 0 amide bonds. The fourth-order valence-electron chi connectivity index (χ4n) is 1.41. The van der Waals surface area contributed by atoms with Crippen LogP contribution in [-0.4, -0.2) is 33.1 Å². The van der Waals surface area contributed by atoms with Crippen LogP contribution in [0.5, 0.6) is 0 Å². The first-order valence-corrected chi connectivity index (χ1v) is 5.34. The van der Waals surface area contributed by atoms with Crippen LogP contribution in [0, 0.1) is 0 Å². The fourth-order valence-corrected chi connectivity index (χ4v) is 1.59. The zero-order chi connectivity index (χ0) is 12.1. The van der Waals surface area contributed by atoms with E-state index in [9.17, 15) is 10.2 Å². The van der Waals surface area contributed by atoms with E-state index in [1.807, 2.05) is 0 Å². The van der Waals surface area contributed by atoms with Gasteiger partial charge in [0.05, 0.1) is 12.7 Å². The Balaban J connectivity index is 2.87. The topological polar surface area (TPSA) is 80.9 Å². The highest BCUT2D eigenvalue weighted by Crippen LogP contribution is 2.24. The normalized spacial score (nSPS) is 14.8. The molecule has 16 heavy (non-hydrogen) atoms. The summed E-state index contributed by atoms with van der Waals surface area (Å²) in [6.45, 7) is -0.422. The maximum Gasteiger partial charge on any atom is 0.105 e. The highest BCUT2D eigenvalue weighted by atomic mass is 35.5. The summed E-state index contributed by atoms with van der Waals surface area (Å²) < 4.78 is 0. The summed E-state index contributed by atoms with van der Waals surface area (Å²) in [6.07, 6.45) is -2.02. The van der Waals surface area contributed by atoms with Gasteiger partial charge in [0.15, 0.2) is 0 Å². The molecule has 2 atom stereocenters. The molecule has 0 saturated carbocycles. The van der Waals surface area contributed by atoms with Gasteiger partial charge in [0.1, 0.15) is 6.10 Å². The van der Waals surface area contributed by atoms with E-state index in [2.05, 4.69) is 0 Å². The maximum absolute atomic E-state index is 9.75. The van der Waals surface area contributed by atoms with Gasteiger partial charge in [0.25, 0.3) is 0 Å². The number of aliphatic hydroxyl groups is 4. The minimum absolute atomic E-state index is 0.0955. The van der Waals surface area contributed by atoms with Crippen LogP contribution >= 0.6 is 11.6 Å². The highest BCUT2D eigenvalue weighted by Gasteiger charge is 2.18. The van der Waals surface area contributed by atoms with Crippen molar-refractivity contribution in [1.82, 2.24) is 0 Å². The SMILES string of the molecule is OCCC(O)C(O)c1ccc(Cl)c(CO)c1. The Morgan fingerprint density at radius 1 is 1.19 bits per heavy atom. The summed E-state index contributed by atoms with van der Waals surface area (Å²) in [7, 11) is 0. The quantitative estimate of drug-likeness (QED) is 0.614. The van der Waals surface area contributed by atoms with E-state index in [1.54, 1.807) is 12.1 Å². The summed E-state index contributed by atoms with van der Waals surface area (Å²) in [5.74, 6) is 0. The maximum atomic E-state index is 9.75. The van der Waals surface area contributed by atoms with Crippen LogP contribution in [-0.2, 0) is 6.61 Å². The van der Waals surface area contributed by atoms with Crippen molar-refractivity contribution in [2.45, 2.75) is 25.2 Å². The molecule has 0 aliphatic rings. The molecule has 90 valence electrons. The summed E-state index contributed by atoms with van der Waals surface area (Å²) >= 11 is 5.80. The van der Waals surface area contributed by atoms with E-state index in [0.29, 0.717) is 16.1 Å². The molecule has 4 N–H and O–H groups in total. The monoisotopic (exact) mass is 246 g/mol. The van der Waals surface area contributed by atoms with Crippen LogP contribution in [0.1, 0.15) is 23.7 Å². The number of aliphatic hydroxyl groups excluding tert-OH is 4. The molecule has 4 nitrogen and oxygen atoms in total. The van der Waals surface area contributed by atoms with E-state index in [4.69, 9.17) is 21.8 Å². The average molecular weight is 247 g/mol. The van der Waals surface area contributed by atoms with Crippen LogP contribution in [0.4, 0.5) is 0 Å². The van der Waals surface area contributed by atoms with Crippen molar-refractivity contribution in [3.05, 3.63) is 34.3 Å². The summed E-state index contributed by atoms with van der Waals surface area (Å²) in [5.41, 5.74) is 0.962. The molecule has 0 fully saturated rings. The Bertz CT molecular complexity index is 343. The van der Waals surface area contributed by atoms with Crippen molar-refractivity contribution in [3.8, 4) is 0 Å². The molecule has 2 unspecified atom stereocenters. The van der Waals surface area contributed by atoms with Gasteiger partial charge in [0.2, 0.25) is 0 Å². The number of rotatable bonds is 5. The third-order valence-corrected chi connectivity index (χ3v) is 2.74. The molecule has 0 bridgehead atoms. The molecule has 0 saturated heterocycles. The molecule has 1 aromatic carbocycles.